The van der Waals surface area contributed by atoms with Gasteiger partial charge in [0.2, 0.25) is 0 Å². The van der Waals surface area contributed by atoms with Crippen LogP contribution in [0, 0.1) is 6.92 Å². The number of para-hydroxylation sites is 1. The molecule has 0 radical (unpaired) electrons. The summed E-state index contributed by atoms with van der Waals surface area (Å²) in [6.07, 6.45) is 0.952. The van der Waals surface area contributed by atoms with E-state index < -0.39 is 23.5 Å². The molecule has 3 aromatic rings. The zero-order valence-electron chi connectivity index (χ0n) is 19.2. The van der Waals surface area contributed by atoms with E-state index in [0.29, 0.717) is 22.7 Å². The SMILES string of the molecule is COc1ccc(C=NN2C(=O)C(CC(=O)[O-])SC2=Nc2c(C)n(C)n(-c3ccccc3)c2=O)cc1. The summed E-state index contributed by atoms with van der Waals surface area (Å²) in [5.74, 6) is -1.25. The monoisotopic (exact) mass is 492 g/mol. The Hall–Kier alpha value is -4.12. The van der Waals surface area contributed by atoms with Crippen molar-refractivity contribution < 1.29 is 19.4 Å². The second kappa shape index (κ2) is 10.0. The molecule has 1 atom stereocenters. The van der Waals surface area contributed by atoms with Gasteiger partial charge in [-0.25, -0.2) is 9.67 Å². The fraction of sp³-hybridized carbons (Fsp3) is 0.208. The van der Waals surface area contributed by atoms with Gasteiger partial charge in [-0.2, -0.15) is 10.1 Å². The Balaban J connectivity index is 1.74. The average molecular weight is 493 g/mol. The van der Waals surface area contributed by atoms with Crippen LogP contribution in [-0.4, -0.2) is 50.0 Å². The predicted octanol–water partition coefficient (Wildman–Crippen LogP) is 1.60. The van der Waals surface area contributed by atoms with Crippen molar-refractivity contribution >= 4 is 40.7 Å². The Morgan fingerprint density at radius 3 is 2.46 bits per heavy atom. The lowest BCUT2D eigenvalue weighted by molar-refractivity contribution is -0.305. The zero-order valence-corrected chi connectivity index (χ0v) is 20.1. The second-order valence-electron chi connectivity index (χ2n) is 7.65. The average Bonchev–Trinajstić information content (AvgIpc) is 3.25. The summed E-state index contributed by atoms with van der Waals surface area (Å²) in [5.41, 5.74) is 1.67. The van der Waals surface area contributed by atoms with Gasteiger partial charge in [0.1, 0.15) is 5.75 Å². The van der Waals surface area contributed by atoms with Gasteiger partial charge in [-0.15, -0.1) is 0 Å². The summed E-state index contributed by atoms with van der Waals surface area (Å²) in [7, 11) is 3.29. The number of ether oxygens (including phenoxy) is 1. The third-order valence-corrected chi connectivity index (χ3v) is 6.56. The number of rotatable bonds is 7. The number of hydrogen-bond acceptors (Lipinski definition) is 8. The lowest BCUT2D eigenvalue weighted by Crippen LogP contribution is -2.32. The minimum atomic E-state index is -1.36. The first-order valence-corrected chi connectivity index (χ1v) is 11.5. The molecule has 2 heterocycles. The maximum atomic E-state index is 13.3. The van der Waals surface area contributed by atoms with Gasteiger partial charge in [0.25, 0.3) is 11.5 Å². The van der Waals surface area contributed by atoms with Crippen molar-refractivity contribution in [1.29, 1.82) is 0 Å². The van der Waals surface area contributed by atoms with Crippen LogP contribution in [0.15, 0.2) is 69.5 Å². The quantitative estimate of drug-likeness (QED) is 0.462. The highest BCUT2D eigenvalue weighted by atomic mass is 32.2. The molecule has 0 N–H and O–H groups in total. The minimum Gasteiger partial charge on any atom is -0.550 e. The first kappa shape index (κ1) is 24.0. The number of carboxylic acids is 1. The molecule has 180 valence electrons. The third-order valence-electron chi connectivity index (χ3n) is 5.43. The smallest absolute Gasteiger partial charge is 0.297 e. The van der Waals surface area contributed by atoms with Gasteiger partial charge in [0.05, 0.1) is 30.0 Å². The minimum absolute atomic E-state index is 0.108. The number of hydrogen-bond donors (Lipinski definition) is 0. The maximum absolute atomic E-state index is 13.3. The Morgan fingerprint density at radius 2 is 1.83 bits per heavy atom. The van der Waals surface area contributed by atoms with E-state index in [1.807, 2.05) is 18.2 Å². The van der Waals surface area contributed by atoms with Gasteiger partial charge in [0, 0.05) is 19.4 Å². The maximum Gasteiger partial charge on any atom is 0.297 e. The number of aliphatic imine (C=N–C) groups is 1. The molecule has 4 rings (SSSR count). The van der Waals surface area contributed by atoms with Crippen molar-refractivity contribution in [3.8, 4) is 11.4 Å². The van der Waals surface area contributed by atoms with Crippen LogP contribution in [0.3, 0.4) is 0 Å². The van der Waals surface area contributed by atoms with E-state index in [4.69, 9.17) is 4.74 Å². The molecule has 1 fully saturated rings. The summed E-state index contributed by atoms with van der Waals surface area (Å²) in [4.78, 5) is 41.9. The van der Waals surface area contributed by atoms with E-state index in [1.165, 1.54) is 10.9 Å². The van der Waals surface area contributed by atoms with Crippen LogP contribution in [0.5, 0.6) is 5.75 Å². The van der Waals surface area contributed by atoms with Gasteiger partial charge < -0.3 is 14.6 Å². The summed E-state index contributed by atoms with van der Waals surface area (Å²) in [6.45, 7) is 1.74. The standard InChI is InChI=1S/C24H23N5O5S/c1-15-21(23(33)29(27(15)2)17-7-5-4-6-8-17)26-24-28(22(32)19(35-24)13-20(30)31)25-14-16-9-11-18(34-3)12-10-16/h4-12,14,19H,13H2,1-3H3,(H,30,31)/p-1. The van der Waals surface area contributed by atoms with Crippen LogP contribution in [0.4, 0.5) is 5.69 Å². The van der Waals surface area contributed by atoms with E-state index in [9.17, 15) is 19.5 Å². The molecule has 1 amide bonds. The van der Waals surface area contributed by atoms with Gasteiger partial charge >= 0.3 is 0 Å². The number of carbonyl (C=O) groups is 2. The molecule has 11 heteroatoms. The Kier molecular flexibility index (Phi) is 6.87. The van der Waals surface area contributed by atoms with Crippen molar-refractivity contribution in [2.75, 3.05) is 7.11 Å². The van der Waals surface area contributed by atoms with Crippen molar-refractivity contribution in [2.45, 2.75) is 18.6 Å². The molecular formula is C24H22N5O5S-. The molecule has 2 aromatic carbocycles. The molecule has 1 aliphatic heterocycles. The van der Waals surface area contributed by atoms with Crippen molar-refractivity contribution in [1.82, 2.24) is 14.4 Å². The molecular weight excluding hydrogens is 470 g/mol. The third kappa shape index (κ3) is 4.90. The van der Waals surface area contributed by atoms with E-state index in [2.05, 4.69) is 10.1 Å². The Labute approximate surface area is 205 Å². The number of aliphatic carboxylic acids is 1. The second-order valence-corrected chi connectivity index (χ2v) is 8.82. The predicted molar refractivity (Wildman–Crippen MR) is 131 cm³/mol. The van der Waals surface area contributed by atoms with Crippen LogP contribution in [-0.2, 0) is 16.6 Å². The van der Waals surface area contributed by atoms with E-state index in [1.54, 1.807) is 62.2 Å². The highest BCUT2D eigenvalue weighted by molar-refractivity contribution is 8.15. The number of benzene rings is 2. The normalized spacial score (nSPS) is 17.0. The number of carbonyl (C=O) groups excluding carboxylic acids is 2. The number of aromatic nitrogens is 2. The van der Waals surface area contributed by atoms with Crippen LogP contribution < -0.4 is 15.4 Å². The van der Waals surface area contributed by atoms with Crippen LogP contribution >= 0.6 is 11.8 Å². The number of amides is 1. The molecule has 10 nitrogen and oxygen atoms in total. The highest BCUT2D eigenvalue weighted by Gasteiger charge is 2.39. The number of amidine groups is 1. The highest BCUT2D eigenvalue weighted by Crippen LogP contribution is 2.32. The van der Waals surface area contributed by atoms with Crippen molar-refractivity contribution in [2.24, 2.45) is 17.1 Å². The number of methoxy groups -OCH3 is 1. The fourth-order valence-electron chi connectivity index (χ4n) is 3.51. The fourth-order valence-corrected chi connectivity index (χ4v) is 4.57. The number of nitrogens with zero attached hydrogens (tertiary/aromatic N) is 5. The first-order chi connectivity index (χ1) is 16.8. The van der Waals surface area contributed by atoms with Gasteiger partial charge in [0.15, 0.2) is 10.9 Å². The number of thioether (sulfide) groups is 1. The van der Waals surface area contributed by atoms with Crippen LogP contribution in [0.1, 0.15) is 17.7 Å². The molecule has 1 unspecified atom stereocenters. The molecule has 0 aliphatic carbocycles. The molecule has 35 heavy (non-hydrogen) atoms. The van der Waals surface area contributed by atoms with Crippen molar-refractivity contribution in [3.05, 3.63) is 76.2 Å². The number of carboxylic acid groups (broad SMARTS) is 1. The molecule has 1 aromatic heterocycles. The molecule has 0 saturated carbocycles. The lowest BCUT2D eigenvalue weighted by atomic mass is 10.2. The Bertz CT molecular complexity index is 1380. The van der Waals surface area contributed by atoms with E-state index in [-0.39, 0.29) is 16.4 Å². The van der Waals surface area contributed by atoms with Crippen LogP contribution in [0.25, 0.3) is 5.69 Å². The van der Waals surface area contributed by atoms with E-state index >= 15 is 0 Å². The summed E-state index contributed by atoms with van der Waals surface area (Å²) in [6, 6.07) is 16.1. The summed E-state index contributed by atoms with van der Waals surface area (Å²) < 4.78 is 8.28. The number of hydrazone groups is 1. The van der Waals surface area contributed by atoms with Gasteiger partial charge in [-0.1, -0.05) is 30.0 Å². The summed E-state index contributed by atoms with van der Waals surface area (Å²) in [5, 5.41) is 15.6. The molecule has 1 saturated heterocycles. The van der Waals surface area contributed by atoms with E-state index in [0.717, 1.165) is 16.8 Å². The van der Waals surface area contributed by atoms with Crippen molar-refractivity contribution in [3.63, 3.8) is 0 Å². The zero-order chi connectivity index (χ0) is 25.1. The summed E-state index contributed by atoms with van der Waals surface area (Å²) >= 11 is 0.934. The molecule has 0 spiro atoms. The largest absolute Gasteiger partial charge is 0.550 e. The Morgan fingerprint density at radius 1 is 1.14 bits per heavy atom. The first-order valence-electron chi connectivity index (χ1n) is 10.6. The van der Waals surface area contributed by atoms with Gasteiger partial charge in [-0.3, -0.25) is 14.3 Å². The molecule has 0 bridgehead atoms. The topological polar surface area (TPSA) is 121 Å². The van der Waals surface area contributed by atoms with Crippen LogP contribution in [0.2, 0.25) is 0 Å². The van der Waals surface area contributed by atoms with Gasteiger partial charge in [-0.05, 0) is 48.9 Å². The lowest BCUT2D eigenvalue weighted by Gasteiger charge is -2.10. The molecule has 1 aliphatic rings.